The van der Waals surface area contributed by atoms with Crippen molar-refractivity contribution in [3.8, 4) is 0 Å². The summed E-state index contributed by atoms with van der Waals surface area (Å²) in [4.78, 5) is 20.6. The molecule has 2 N–H and O–H groups in total. The zero-order chi connectivity index (χ0) is 22.9. The number of piperidine rings is 1. The lowest BCUT2D eigenvalue weighted by molar-refractivity contribution is 0.00646. The first-order chi connectivity index (χ1) is 13.6. The molecular weight excluding hydrogens is 414 g/mol. The normalized spacial score (nSPS) is 19.7. The van der Waals surface area contributed by atoms with E-state index in [0.29, 0.717) is 13.2 Å². The largest absolute Gasteiger partial charge is 0.444 e. The molecule has 0 unspecified atom stereocenters. The molecule has 2 rings (SSSR count). The second-order valence-corrected chi connectivity index (χ2v) is 16.9. The number of thiazole rings is 1. The number of amides is 1. The third-order valence-electron chi connectivity index (χ3n) is 6.16. The molecule has 2 atom stereocenters. The van der Waals surface area contributed by atoms with Crippen LogP contribution in [0.3, 0.4) is 0 Å². The van der Waals surface area contributed by atoms with Gasteiger partial charge in [-0.1, -0.05) is 20.8 Å². The van der Waals surface area contributed by atoms with E-state index < -0.39 is 13.9 Å². The van der Waals surface area contributed by atoms with Crippen molar-refractivity contribution in [3.63, 3.8) is 0 Å². The molecule has 1 aromatic heterocycles. The van der Waals surface area contributed by atoms with E-state index in [9.17, 15) is 4.79 Å². The first-order valence-corrected chi connectivity index (χ1v) is 14.7. The van der Waals surface area contributed by atoms with Crippen LogP contribution >= 0.6 is 11.3 Å². The zero-order valence-electron chi connectivity index (χ0n) is 20.3. The molecule has 1 amide bonds. The fourth-order valence-electron chi connectivity index (χ4n) is 3.23. The second kappa shape index (κ2) is 9.26. The molecule has 0 radical (unpaired) electrons. The van der Waals surface area contributed by atoms with Crippen LogP contribution in [0.25, 0.3) is 0 Å². The molecule has 0 saturated carbocycles. The first-order valence-electron chi connectivity index (χ1n) is 11.0. The summed E-state index contributed by atoms with van der Waals surface area (Å²) in [7, 11) is -1.85. The summed E-state index contributed by atoms with van der Waals surface area (Å²) < 4.78 is 12.0. The van der Waals surface area contributed by atoms with Crippen LogP contribution in [0.1, 0.15) is 82.4 Å². The number of aryl methyl sites for hydroxylation is 1. The van der Waals surface area contributed by atoms with E-state index in [4.69, 9.17) is 19.9 Å². The number of rotatable bonds is 5. The summed E-state index contributed by atoms with van der Waals surface area (Å²) in [6.45, 7) is 20.2. The Kier molecular flexibility index (Phi) is 7.81. The number of carbonyl (C=O) groups is 1. The van der Waals surface area contributed by atoms with Crippen LogP contribution in [0.5, 0.6) is 0 Å². The quantitative estimate of drug-likeness (QED) is 0.571. The molecule has 0 aliphatic carbocycles. The Bertz CT molecular complexity index is 737. The van der Waals surface area contributed by atoms with Gasteiger partial charge in [-0.3, -0.25) is 0 Å². The first kappa shape index (κ1) is 25.3. The predicted molar refractivity (Wildman–Crippen MR) is 126 cm³/mol. The smallest absolute Gasteiger partial charge is 0.410 e. The molecule has 1 aliphatic heterocycles. The van der Waals surface area contributed by atoms with Crippen LogP contribution in [0.4, 0.5) is 4.79 Å². The highest BCUT2D eigenvalue weighted by atomic mass is 32.1. The Morgan fingerprint density at radius 1 is 1.27 bits per heavy atom. The summed E-state index contributed by atoms with van der Waals surface area (Å²) in [5.74, 6) is 0. The van der Waals surface area contributed by atoms with Crippen LogP contribution in [0, 0.1) is 6.92 Å². The molecule has 2 heterocycles. The Morgan fingerprint density at radius 2 is 1.90 bits per heavy atom. The van der Waals surface area contributed by atoms with Crippen LogP contribution in [-0.2, 0) is 15.8 Å². The van der Waals surface area contributed by atoms with Crippen LogP contribution in [-0.4, -0.2) is 42.5 Å². The molecule has 1 aliphatic rings. The maximum Gasteiger partial charge on any atom is 0.410 e. The Morgan fingerprint density at radius 3 is 2.47 bits per heavy atom. The maximum atomic E-state index is 12.8. The highest BCUT2D eigenvalue weighted by Crippen LogP contribution is 2.38. The fraction of sp³-hybridized carbons (Fsp3) is 0.818. The molecule has 6 nitrogen and oxygen atoms in total. The summed E-state index contributed by atoms with van der Waals surface area (Å²) in [5, 5.41) is 1.04. The van der Waals surface area contributed by atoms with Crippen molar-refractivity contribution in [2.75, 3.05) is 6.54 Å². The second-order valence-electron chi connectivity index (χ2n) is 10.9. The van der Waals surface area contributed by atoms with Gasteiger partial charge in [-0.05, 0) is 65.1 Å². The Labute approximate surface area is 187 Å². The fourth-order valence-corrected chi connectivity index (χ4v) is 5.15. The highest BCUT2D eigenvalue weighted by molar-refractivity contribution is 7.11. The molecule has 0 spiro atoms. The minimum Gasteiger partial charge on any atom is -0.444 e. The lowest BCUT2D eigenvalue weighted by atomic mass is 9.96. The van der Waals surface area contributed by atoms with Crippen molar-refractivity contribution in [3.05, 3.63) is 15.6 Å². The molecular formula is C22H41N3O3SSi. The molecule has 1 aromatic rings. The minimum atomic E-state index is -1.85. The van der Waals surface area contributed by atoms with Gasteiger partial charge in [0.2, 0.25) is 0 Å². The molecule has 0 bridgehead atoms. The van der Waals surface area contributed by atoms with Gasteiger partial charge in [0.25, 0.3) is 0 Å². The van der Waals surface area contributed by atoms with E-state index in [1.165, 1.54) is 0 Å². The molecule has 1 saturated heterocycles. The summed E-state index contributed by atoms with van der Waals surface area (Å²) in [6.07, 6.45) is 2.63. The number of nitrogens with two attached hydrogens (primary N) is 1. The number of hydrogen-bond donors (Lipinski definition) is 1. The molecule has 172 valence electrons. The van der Waals surface area contributed by atoms with Crippen molar-refractivity contribution in [2.24, 2.45) is 5.73 Å². The molecule has 0 aromatic carbocycles. The SMILES string of the molecule is Cc1sc([C@H](N)[C@@H]2CCCCN2C(=O)OC(C)(C)C)nc1CO[Si](C)(C)C(C)(C)C. The van der Waals surface area contributed by atoms with E-state index in [1.807, 2.05) is 25.7 Å². The van der Waals surface area contributed by atoms with E-state index in [-0.39, 0.29) is 23.2 Å². The topological polar surface area (TPSA) is 77.7 Å². The van der Waals surface area contributed by atoms with Gasteiger partial charge in [-0.15, -0.1) is 11.3 Å². The number of ether oxygens (including phenoxy) is 1. The van der Waals surface area contributed by atoms with Crippen molar-refractivity contribution in [1.82, 2.24) is 9.88 Å². The van der Waals surface area contributed by atoms with E-state index in [0.717, 1.165) is 34.8 Å². The van der Waals surface area contributed by atoms with Crippen molar-refractivity contribution < 1.29 is 14.0 Å². The number of carbonyl (C=O) groups excluding carboxylic acids is 1. The number of hydrogen-bond acceptors (Lipinski definition) is 6. The number of likely N-dealkylation sites (tertiary alicyclic amines) is 1. The van der Waals surface area contributed by atoms with Crippen LogP contribution in [0.2, 0.25) is 18.1 Å². The van der Waals surface area contributed by atoms with Gasteiger partial charge < -0.3 is 19.8 Å². The van der Waals surface area contributed by atoms with Gasteiger partial charge >= 0.3 is 6.09 Å². The lowest BCUT2D eigenvalue weighted by Gasteiger charge is -2.39. The van der Waals surface area contributed by atoms with E-state index in [2.05, 4.69) is 40.8 Å². The summed E-state index contributed by atoms with van der Waals surface area (Å²) >= 11 is 1.62. The maximum absolute atomic E-state index is 12.8. The molecule has 30 heavy (non-hydrogen) atoms. The van der Waals surface area contributed by atoms with Crippen molar-refractivity contribution >= 4 is 25.7 Å². The average molecular weight is 456 g/mol. The molecule has 8 heteroatoms. The standard InChI is InChI=1S/C22H41N3O3SSi/c1-15-16(14-27-30(8,9)22(5,6)7)24-19(29-15)18(23)17-12-10-11-13-25(17)20(26)28-21(2,3)4/h17-18H,10-14,23H2,1-9H3/t17-,18+/m0/s1. The Hall–Kier alpha value is -0.963. The average Bonchev–Trinajstić information content (AvgIpc) is 2.98. The van der Waals surface area contributed by atoms with Gasteiger partial charge in [0.05, 0.1) is 24.4 Å². The summed E-state index contributed by atoms with van der Waals surface area (Å²) in [5.41, 5.74) is 7.11. The van der Waals surface area contributed by atoms with Gasteiger partial charge in [-0.25, -0.2) is 9.78 Å². The third-order valence-corrected chi connectivity index (χ3v) is 11.8. The van der Waals surface area contributed by atoms with Crippen molar-refractivity contribution in [1.29, 1.82) is 0 Å². The van der Waals surface area contributed by atoms with Crippen molar-refractivity contribution in [2.45, 2.75) is 110 Å². The Balaban J connectivity index is 2.14. The predicted octanol–water partition coefficient (Wildman–Crippen LogP) is 5.76. The van der Waals surface area contributed by atoms with Crippen LogP contribution in [0.15, 0.2) is 0 Å². The monoisotopic (exact) mass is 455 g/mol. The van der Waals surface area contributed by atoms with Gasteiger partial charge in [0.15, 0.2) is 8.32 Å². The number of nitrogens with zero attached hydrogens (tertiary/aromatic N) is 2. The summed E-state index contributed by atoms with van der Waals surface area (Å²) in [6, 6.07) is -0.406. The molecule has 1 fully saturated rings. The zero-order valence-corrected chi connectivity index (χ0v) is 22.1. The van der Waals surface area contributed by atoms with E-state index >= 15 is 0 Å². The van der Waals surface area contributed by atoms with E-state index in [1.54, 1.807) is 11.3 Å². The highest BCUT2D eigenvalue weighted by Gasteiger charge is 2.38. The third kappa shape index (κ3) is 6.28. The lowest BCUT2D eigenvalue weighted by Crippen LogP contribution is -2.50. The van der Waals surface area contributed by atoms with Gasteiger partial charge in [-0.2, -0.15) is 0 Å². The van der Waals surface area contributed by atoms with Gasteiger partial charge in [0.1, 0.15) is 10.6 Å². The minimum absolute atomic E-state index is 0.0895. The van der Waals surface area contributed by atoms with Crippen LogP contribution < -0.4 is 5.73 Å². The number of aromatic nitrogens is 1. The van der Waals surface area contributed by atoms with Gasteiger partial charge in [0, 0.05) is 11.4 Å².